The fourth-order valence-electron chi connectivity index (χ4n) is 1.80. The molecule has 0 bridgehead atoms. The molecule has 0 saturated heterocycles. The van der Waals surface area contributed by atoms with Crippen LogP contribution in [0.2, 0.25) is 0 Å². The highest BCUT2D eigenvalue weighted by molar-refractivity contribution is 7.99. The molecule has 0 fully saturated rings. The van der Waals surface area contributed by atoms with Gasteiger partial charge in [0, 0.05) is 11.4 Å². The van der Waals surface area contributed by atoms with E-state index in [4.69, 9.17) is 9.84 Å². The molecular formula is C17H19NO3S. The van der Waals surface area contributed by atoms with Crippen molar-refractivity contribution >= 4 is 23.4 Å². The zero-order chi connectivity index (χ0) is 15.6. The number of aliphatic hydroxyl groups excluding tert-OH is 1. The van der Waals surface area contributed by atoms with E-state index in [1.165, 1.54) is 11.8 Å². The lowest BCUT2D eigenvalue weighted by Crippen LogP contribution is -2.14. The molecule has 0 aromatic heterocycles. The summed E-state index contributed by atoms with van der Waals surface area (Å²) in [4.78, 5) is 11.6. The topological polar surface area (TPSA) is 58.6 Å². The molecule has 2 aromatic rings. The number of amides is 1. The third kappa shape index (κ3) is 5.79. The quantitative estimate of drug-likeness (QED) is 0.735. The molecule has 0 spiro atoms. The maximum atomic E-state index is 11.6. The van der Waals surface area contributed by atoms with Gasteiger partial charge in [0.05, 0.1) is 12.4 Å². The predicted molar refractivity (Wildman–Crippen MR) is 90.3 cm³/mol. The van der Waals surface area contributed by atoms with E-state index in [0.717, 1.165) is 17.0 Å². The minimum Gasteiger partial charge on any atom is -0.489 e. The Kier molecular flexibility index (Phi) is 6.80. The molecule has 0 atom stereocenters. The number of aliphatic hydroxyl groups is 1. The van der Waals surface area contributed by atoms with E-state index in [-0.39, 0.29) is 12.5 Å². The summed E-state index contributed by atoms with van der Waals surface area (Å²) in [5.41, 5.74) is 1.85. The number of nitrogens with one attached hydrogen (secondary N) is 1. The smallest absolute Gasteiger partial charge is 0.234 e. The third-order valence-corrected chi connectivity index (χ3v) is 3.79. The van der Waals surface area contributed by atoms with Crippen molar-refractivity contribution in [2.75, 3.05) is 23.4 Å². The highest BCUT2D eigenvalue weighted by atomic mass is 32.2. The molecule has 2 N–H and O–H groups in total. The maximum Gasteiger partial charge on any atom is 0.234 e. The van der Waals surface area contributed by atoms with E-state index >= 15 is 0 Å². The number of rotatable bonds is 8. The van der Waals surface area contributed by atoms with Crippen molar-refractivity contribution in [1.82, 2.24) is 0 Å². The first-order chi connectivity index (χ1) is 10.8. The molecular weight excluding hydrogens is 298 g/mol. The van der Waals surface area contributed by atoms with Gasteiger partial charge in [0.15, 0.2) is 0 Å². The average Bonchev–Trinajstić information content (AvgIpc) is 2.55. The van der Waals surface area contributed by atoms with Gasteiger partial charge in [-0.2, -0.15) is 0 Å². The Morgan fingerprint density at radius 1 is 1.09 bits per heavy atom. The Morgan fingerprint density at radius 2 is 1.82 bits per heavy atom. The largest absolute Gasteiger partial charge is 0.489 e. The van der Waals surface area contributed by atoms with Gasteiger partial charge in [-0.25, -0.2) is 0 Å². The summed E-state index contributed by atoms with van der Waals surface area (Å²) in [5, 5.41) is 11.5. The van der Waals surface area contributed by atoms with Gasteiger partial charge in [-0.15, -0.1) is 11.8 Å². The number of carbonyl (C=O) groups excluding carboxylic acids is 1. The molecule has 2 aromatic carbocycles. The van der Waals surface area contributed by atoms with Crippen LogP contribution in [-0.2, 0) is 11.4 Å². The molecule has 0 radical (unpaired) electrons. The summed E-state index contributed by atoms with van der Waals surface area (Å²) in [6.45, 7) is 0.607. The first kappa shape index (κ1) is 16.4. The normalized spacial score (nSPS) is 10.2. The molecule has 5 heteroatoms. The molecule has 2 rings (SSSR count). The van der Waals surface area contributed by atoms with Gasteiger partial charge in [0.1, 0.15) is 12.4 Å². The van der Waals surface area contributed by atoms with Crippen LogP contribution in [0.5, 0.6) is 5.75 Å². The monoisotopic (exact) mass is 317 g/mol. The third-order valence-electron chi connectivity index (χ3n) is 2.86. The van der Waals surface area contributed by atoms with Gasteiger partial charge in [-0.05, 0) is 29.8 Å². The fraction of sp³-hybridized carbons (Fsp3) is 0.235. The molecule has 0 unspecified atom stereocenters. The molecule has 0 aliphatic rings. The second kappa shape index (κ2) is 9.12. The van der Waals surface area contributed by atoms with Gasteiger partial charge in [0.2, 0.25) is 5.91 Å². The Balaban J connectivity index is 1.79. The van der Waals surface area contributed by atoms with Crippen LogP contribution in [0, 0.1) is 0 Å². The highest BCUT2D eigenvalue weighted by Gasteiger charge is 2.03. The lowest BCUT2D eigenvalue weighted by atomic mass is 10.2. The summed E-state index contributed by atoms with van der Waals surface area (Å²) in [6.07, 6.45) is 0. The first-order valence-electron chi connectivity index (χ1n) is 7.03. The number of ether oxygens (including phenoxy) is 1. The zero-order valence-electron chi connectivity index (χ0n) is 12.2. The lowest BCUT2D eigenvalue weighted by Gasteiger charge is -2.08. The summed E-state index contributed by atoms with van der Waals surface area (Å²) in [5.74, 6) is 1.60. The fourth-order valence-corrected chi connectivity index (χ4v) is 2.33. The zero-order valence-corrected chi connectivity index (χ0v) is 13.0. The van der Waals surface area contributed by atoms with Crippen LogP contribution < -0.4 is 10.1 Å². The van der Waals surface area contributed by atoms with Crippen molar-refractivity contribution in [2.45, 2.75) is 6.61 Å². The van der Waals surface area contributed by atoms with Crippen LogP contribution >= 0.6 is 11.8 Å². The van der Waals surface area contributed by atoms with Crippen molar-refractivity contribution in [3.8, 4) is 5.75 Å². The van der Waals surface area contributed by atoms with E-state index in [9.17, 15) is 4.79 Å². The number of benzene rings is 2. The number of thioether (sulfide) groups is 1. The standard InChI is InChI=1S/C17H19NO3S/c19-10-11-22-13-17(20)18-15-6-8-16(9-7-15)21-12-14-4-2-1-3-5-14/h1-9,19H,10-13H2,(H,18,20). The van der Waals surface area contributed by atoms with Crippen LogP contribution in [0.25, 0.3) is 0 Å². The van der Waals surface area contributed by atoms with Crippen LogP contribution in [-0.4, -0.2) is 29.1 Å². The van der Waals surface area contributed by atoms with E-state index in [2.05, 4.69) is 5.32 Å². The Hall–Kier alpha value is -1.98. The van der Waals surface area contributed by atoms with E-state index in [0.29, 0.717) is 18.1 Å². The maximum absolute atomic E-state index is 11.6. The van der Waals surface area contributed by atoms with Gasteiger partial charge in [-0.3, -0.25) is 4.79 Å². The molecule has 0 aliphatic carbocycles. The summed E-state index contributed by atoms with van der Waals surface area (Å²) in [7, 11) is 0. The molecule has 22 heavy (non-hydrogen) atoms. The van der Waals surface area contributed by atoms with E-state index < -0.39 is 0 Å². The van der Waals surface area contributed by atoms with Crippen LogP contribution in [0.15, 0.2) is 54.6 Å². The van der Waals surface area contributed by atoms with Gasteiger partial charge >= 0.3 is 0 Å². The highest BCUT2D eigenvalue weighted by Crippen LogP contribution is 2.17. The molecule has 1 amide bonds. The predicted octanol–water partition coefficient (Wildman–Crippen LogP) is 2.93. The molecule has 4 nitrogen and oxygen atoms in total. The molecule has 0 aliphatic heterocycles. The number of anilines is 1. The van der Waals surface area contributed by atoms with Crippen molar-refractivity contribution in [3.05, 3.63) is 60.2 Å². The first-order valence-corrected chi connectivity index (χ1v) is 8.18. The summed E-state index contributed by atoms with van der Waals surface area (Å²) >= 11 is 1.40. The van der Waals surface area contributed by atoms with Crippen LogP contribution in [0.3, 0.4) is 0 Å². The Bertz CT molecular complexity index is 572. The van der Waals surface area contributed by atoms with Crippen molar-refractivity contribution in [2.24, 2.45) is 0 Å². The second-order valence-electron chi connectivity index (χ2n) is 4.62. The molecule has 0 saturated carbocycles. The van der Waals surface area contributed by atoms with Crippen molar-refractivity contribution in [1.29, 1.82) is 0 Å². The minimum atomic E-state index is -0.0728. The number of hydrogen-bond acceptors (Lipinski definition) is 4. The Morgan fingerprint density at radius 3 is 2.50 bits per heavy atom. The number of hydrogen-bond donors (Lipinski definition) is 2. The van der Waals surface area contributed by atoms with Crippen LogP contribution in [0.4, 0.5) is 5.69 Å². The van der Waals surface area contributed by atoms with Crippen LogP contribution in [0.1, 0.15) is 5.56 Å². The van der Waals surface area contributed by atoms with Gasteiger partial charge in [0.25, 0.3) is 0 Å². The van der Waals surface area contributed by atoms with Crippen molar-refractivity contribution < 1.29 is 14.6 Å². The lowest BCUT2D eigenvalue weighted by molar-refractivity contribution is -0.113. The van der Waals surface area contributed by atoms with Gasteiger partial charge in [-0.1, -0.05) is 30.3 Å². The SMILES string of the molecule is O=C(CSCCO)Nc1ccc(OCc2ccccc2)cc1. The van der Waals surface area contributed by atoms with E-state index in [1.807, 2.05) is 54.6 Å². The average molecular weight is 317 g/mol. The second-order valence-corrected chi connectivity index (χ2v) is 5.73. The Labute approximate surface area is 134 Å². The molecule has 116 valence electrons. The van der Waals surface area contributed by atoms with Crippen molar-refractivity contribution in [3.63, 3.8) is 0 Å². The summed E-state index contributed by atoms with van der Waals surface area (Å²) in [6, 6.07) is 17.2. The van der Waals surface area contributed by atoms with E-state index in [1.54, 1.807) is 0 Å². The summed E-state index contributed by atoms with van der Waals surface area (Å²) < 4.78 is 5.69. The molecule has 0 heterocycles. The van der Waals surface area contributed by atoms with Gasteiger partial charge < -0.3 is 15.2 Å². The number of carbonyl (C=O) groups is 1. The minimum absolute atomic E-state index is 0.0728.